The second kappa shape index (κ2) is 11.9. The Hall–Kier alpha value is -2.61. The van der Waals surface area contributed by atoms with Crippen molar-refractivity contribution in [2.45, 2.75) is 37.2 Å². The van der Waals surface area contributed by atoms with Gasteiger partial charge in [0.1, 0.15) is 5.75 Å². The quantitative estimate of drug-likeness (QED) is 0.376. The molecule has 186 valence electrons. The number of benzene rings is 2. The van der Waals surface area contributed by atoms with Gasteiger partial charge in [-0.1, -0.05) is 17.7 Å². The van der Waals surface area contributed by atoms with Crippen molar-refractivity contribution in [2.24, 2.45) is 11.8 Å². The highest BCUT2D eigenvalue weighted by molar-refractivity contribution is 7.99. The van der Waals surface area contributed by atoms with E-state index in [9.17, 15) is 15.0 Å². The molecule has 0 spiro atoms. The fourth-order valence-electron chi connectivity index (χ4n) is 4.99. The molecule has 0 unspecified atom stereocenters. The number of carboxylic acid groups (broad SMARTS) is 1. The van der Waals surface area contributed by atoms with E-state index in [1.807, 2.05) is 36.0 Å². The van der Waals surface area contributed by atoms with Crippen LogP contribution in [0, 0.1) is 18.8 Å². The third-order valence-electron chi connectivity index (χ3n) is 6.98. The van der Waals surface area contributed by atoms with Crippen molar-refractivity contribution < 1.29 is 19.7 Å². The number of likely N-dealkylation sites (tertiary alicyclic amines) is 1. The fraction of sp³-hybridized carbons (Fsp3) is 0.429. The third-order valence-corrected chi connectivity index (χ3v) is 7.95. The lowest BCUT2D eigenvalue weighted by atomic mass is 9.81. The molecule has 1 saturated heterocycles. The molecule has 2 aromatic carbocycles. The van der Waals surface area contributed by atoms with Crippen LogP contribution in [0.4, 0.5) is 0 Å². The van der Waals surface area contributed by atoms with Crippen molar-refractivity contribution in [3.63, 3.8) is 0 Å². The lowest BCUT2D eigenvalue weighted by Gasteiger charge is -2.37. The SMILES string of the molecule is COc1ccc2nccc([C@H](O)CC[C@@H]3CCN(CCSc4cccc(C)c4)C[C@@H]3C(=O)O)c2c1. The lowest BCUT2D eigenvalue weighted by Crippen LogP contribution is -2.44. The molecule has 7 heteroatoms. The van der Waals surface area contributed by atoms with Gasteiger partial charge in [0.2, 0.25) is 0 Å². The number of rotatable bonds is 10. The van der Waals surface area contributed by atoms with E-state index in [1.165, 1.54) is 10.5 Å². The summed E-state index contributed by atoms with van der Waals surface area (Å²) in [6, 6.07) is 16.0. The number of aryl methyl sites for hydroxylation is 1. The Labute approximate surface area is 211 Å². The number of methoxy groups -OCH3 is 1. The zero-order valence-corrected chi connectivity index (χ0v) is 21.2. The maximum absolute atomic E-state index is 12.1. The highest BCUT2D eigenvalue weighted by atomic mass is 32.2. The van der Waals surface area contributed by atoms with Crippen molar-refractivity contribution >= 4 is 28.6 Å². The summed E-state index contributed by atoms with van der Waals surface area (Å²) in [6.45, 7) is 4.44. The zero-order chi connectivity index (χ0) is 24.8. The predicted molar refractivity (Wildman–Crippen MR) is 140 cm³/mol. The van der Waals surface area contributed by atoms with E-state index in [4.69, 9.17) is 4.74 Å². The van der Waals surface area contributed by atoms with Gasteiger partial charge in [-0.15, -0.1) is 11.8 Å². The first-order valence-electron chi connectivity index (χ1n) is 12.2. The Kier molecular flexibility index (Phi) is 8.65. The molecule has 1 fully saturated rings. The number of nitrogens with zero attached hydrogens (tertiary/aromatic N) is 2. The maximum Gasteiger partial charge on any atom is 0.308 e. The van der Waals surface area contributed by atoms with Crippen LogP contribution in [-0.2, 0) is 4.79 Å². The normalized spacial score (nSPS) is 19.5. The Morgan fingerprint density at radius 1 is 1.26 bits per heavy atom. The molecule has 0 radical (unpaired) electrons. The summed E-state index contributed by atoms with van der Waals surface area (Å²) in [4.78, 5) is 20.0. The summed E-state index contributed by atoms with van der Waals surface area (Å²) < 4.78 is 5.34. The molecule has 3 aromatic rings. The van der Waals surface area contributed by atoms with E-state index in [0.717, 1.165) is 47.5 Å². The Balaban J connectivity index is 1.33. The van der Waals surface area contributed by atoms with Crippen molar-refractivity contribution in [3.05, 3.63) is 65.9 Å². The first kappa shape index (κ1) is 25.5. The van der Waals surface area contributed by atoms with Crippen molar-refractivity contribution in [2.75, 3.05) is 32.5 Å². The number of piperidine rings is 1. The largest absolute Gasteiger partial charge is 0.497 e. The van der Waals surface area contributed by atoms with Crippen LogP contribution >= 0.6 is 11.8 Å². The molecule has 2 N–H and O–H groups in total. The first-order valence-corrected chi connectivity index (χ1v) is 13.2. The molecule has 1 aromatic heterocycles. The molecule has 0 amide bonds. The summed E-state index contributed by atoms with van der Waals surface area (Å²) >= 11 is 1.82. The lowest BCUT2D eigenvalue weighted by molar-refractivity contribution is -0.146. The second-order valence-electron chi connectivity index (χ2n) is 9.34. The Morgan fingerprint density at radius 2 is 2.11 bits per heavy atom. The van der Waals surface area contributed by atoms with Crippen LogP contribution in [0.25, 0.3) is 10.9 Å². The summed E-state index contributed by atoms with van der Waals surface area (Å²) in [5.74, 6) is 0.578. The number of hydrogen-bond acceptors (Lipinski definition) is 6. The van der Waals surface area contributed by atoms with Crippen LogP contribution < -0.4 is 4.74 Å². The summed E-state index contributed by atoms with van der Waals surface area (Å²) in [7, 11) is 1.62. The van der Waals surface area contributed by atoms with Crippen LogP contribution in [0.15, 0.2) is 59.6 Å². The van der Waals surface area contributed by atoms with Gasteiger partial charge in [0.15, 0.2) is 0 Å². The Bertz CT molecular complexity index is 1150. The minimum Gasteiger partial charge on any atom is -0.497 e. The standard InChI is InChI=1S/C28H34N2O4S/c1-19-4-3-5-22(16-19)35-15-14-30-13-11-20(25(18-30)28(32)33)6-9-27(31)23-10-12-29-26-8-7-21(34-2)17-24(23)26/h3-5,7-8,10,12,16-17,20,25,27,31H,6,9,11,13-15,18H2,1-2H3,(H,32,33)/t20-,25+,27-/m1/s1. The molecule has 35 heavy (non-hydrogen) atoms. The van der Waals surface area contributed by atoms with Crippen LogP contribution in [0.5, 0.6) is 5.75 Å². The molecule has 3 atom stereocenters. The molecule has 1 aliphatic heterocycles. The van der Waals surface area contributed by atoms with Crippen LogP contribution in [-0.4, -0.2) is 58.6 Å². The van der Waals surface area contributed by atoms with Gasteiger partial charge in [0.05, 0.1) is 24.6 Å². The minimum absolute atomic E-state index is 0.0606. The average molecular weight is 495 g/mol. The number of aliphatic hydroxyl groups excluding tert-OH is 1. The number of pyridine rings is 1. The van der Waals surface area contributed by atoms with Crippen molar-refractivity contribution in [1.82, 2.24) is 9.88 Å². The monoisotopic (exact) mass is 494 g/mol. The van der Waals surface area contributed by atoms with Gasteiger partial charge < -0.3 is 19.8 Å². The second-order valence-corrected chi connectivity index (χ2v) is 10.5. The molecule has 6 nitrogen and oxygen atoms in total. The van der Waals surface area contributed by atoms with Gasteiger partial charge in [0, 0.05) is 35.3 Å². The van der Waals surface area contributed by atoms with Gasteiger partial charge in [-0.05, 0) is 80.6 Å². The van der Waals surface area contributed by atoms with Crippen LogP contribution in [0.2, 0.25) is 0 Å². The average Bonchev–Trinajstić information content (AvgIpc) is 2.87. The molecular formula is C28H34N2O4S. The molecular weight excluding hydrogens is 460 g/mol. The number of aliphatic hydroxyl groups is 1. The minimum atomic E-state index is -0.736. The number of fused-ring (bicyclic) bond motifs is 1. The maximum atomic E-state index is 12.1. The zero-order valence-electron chi connectivity index (χ0n) is 20.4. The van der Waals surface area contributed by atoms with Gasteiger partial charge >= 0.3 is 5.97 Å². The van der Waals surface area contributed by atoms with Gasteiger partial charge in [0.25, 0.3) is 0 Å². The van der Waals surface area contributed by atoms with E-state index in [-0.39, 0.29) is 5.92 Å². The number of carboxylic acids is 1. The highest BCUT2D eigenvalue weighted by Crippen LogP contribution is 2.34. The van der Waals surface area contributed by atoms with Crippen molar-refractivity contribution in [1.29, 1.82) is 0 Å². The van der Waals surface area contributed by atoms with E-state index < -0.39 is 18.0 Å². The topological polar surface area (TPSA) is 82.9 Å². The smallest absolute Gasteiger partial charge is 0.308 e. The van der Waals surface area contributed by atoms with E-state index >= 15 is 0 Å². The molecule has 0 aliphatic carbocycles. The van der Waals surface area contributed by atoms with Crippen LogP contribution in [0.1, 0.15) is 36.5 Å². The number of ether oxygens (including phenoxy) is 1. The number of carbonyl (C=O) groups is 1. The molecule has 0 saturated carbocycles. The van der Waals surface area contributed by atoms with E-state index in [1.54, 1.807) is 13.3 Å². The molecule has 4 rings (SSSR count). The van der Waals surface area contributed by atoms with Gasteiger partial charge in [-0.25, -0.2) is 0 Å². The Morgan fingerprint density at radius 3 is 2.89 bits per heavy atom. The highest BCUT2D eigenvalue weighted by Gasteiger charge is 2.34. The summed E-state index contributed by atoms with van der Waals surface area (Å²) in [6.07, 6.45) is 3.07. The fourth-order valence-corrected chi connectivity index (χ4v) is 6.01. The molecule has 1 aliphatic rings. The van der Waals surface area contributed by atoms with Gasteiger partial charge in [-0.2, -0.15) is 0 Å². The van der Waals surface area contributed by atoms with Crippen LogP contribution in [0.3, 0.4) is 0 Å². The summed E-state index contributed by atoms with van der Waals surface area (Å²) in [5, 5.41) is 21.8. The first-order chi connectivity index (χ1) is 16.9. The number of hydrogen-bond donors (Lipinski definition) is 2. The molecule has 2 heterocycles. The third kappa shape index (κ3) is 6.54. The van der Waals surface area contributed by atoms with E-state index in [2.05, 4.69) is 41.1 Å². The number of aliphatic carboxylic acids is 1. The summed E-state index contributed by atoms with van der Waals surface area (Å²) in [5.41, 5.74) is 2.87. The molecule has 0 bridgehead atoms. The number of thioether (sulfide) groups is 1. The van der Waals surface area contributed by atoms with Gasteiger partial charge in [-0.3, -0.25) is 9.78 Å². The van der Waals surface area contributed by atoms with E-state index in [0.29, 0.717) is 19.4 Å². The number of aromatic nitrogens is 1. The predicted octanol–water partition coefficient (Wildman–Crippen LogP) is 5.18. The van der Waals surface area contributed by atoms with Crippen molar-refractivity contribution in [3.8, 4) is 5.75 Å².